The minimum absolute atomic E-state index is 0. The van der Waals surface area contributed by atoms with E-state index in [0.717, 1.165) is 10.9 Å². The van der Waals surface area contributed by atoms with Crippen LogP contribution in [0.3, 0.4) is 0 Å². The molecule has 3 N–H and O–H groups in total. The van der Waals surface area contributed by atoms with E-state index in [1.807, 2.05) is 13.0 Å². The van der Waals surface area contributed by atoms with Crippen LogP contribution in [0.4, 0.5) is 10.2 Å². The second-order valence-electron chi connectivity index (χ2n) is 4.47. The van der Waals surface area contributed by atoms with E-state index in [1.165, 1.54) is 12.1 Å². The van der Waals surface area contributed by atoms with Crippen molar-refractivity contribution in [2.45, 2.75) is 13.0 Å². The number of fused-ring (bicyclic) bond motifs is 1. The van der Waals surface area contributed by atoms with Gasteiger partial charge < -0.3 is 15.8 Å². The fourth-order valence-electron chi connectivity index (χ4n) is 1.92. The molecular weight excluding hydrogens is 281 g/mol. The quantitative estimate of drug-likeness (QED) is 0.834. The van der Waals surface area contributed by atoms with Crippen LogP contribution in [0.25, 0.3) is 10.9 Å². The van der Waals surface area contributed by atoms with Gasteiger partial charge >= 0.3 is 0 Å². The van der Waals surface area contributed by atoms with E-state index in [-0.39, 0.29) is 24.3 Å². The van der Waals surface area contributed by atoms with E-state index in [4.69, 9.17) is 10.5 Å². The average Bonchev–Trinajstić information content (AvgIpc) is 2.37. The highest BCUT2D eigenvalue weighted by Crippen LogP contribution is 2.25. The van der Waals surface area contributed by atoms with Crippen LogP contribution in [0.1, 0.15) is 18.5 Å². The van der Waals surface area contributed by atoms with Crippen molar-refractivity contribution in [2.24, 2.45) is 5.73 Å². The minimum atomic E-state index is -0.295. The molecule has 0 saturated carbocycles. The molecule has 0 unspecified atom stereocenters. The molecule has 0 spiro atoms. The molecule has 1 atom stereocenters. The third-order valence-corrected chi connectivity index (χ3v) is 2.90. The van der Waals surface area contributed by atoms with Gasteiger partial charge in [0.1, 0.15) is 11.6 Å². The molecule has 110 valence electrons. The van der Waals surface area contributed by atoms with E-state index < -0.39 is 0 Å². The van der Waals surface area contributed by atoms with E-state index in [9.17, 15) is 4.39 Å². The monoisotopic (exact) mass is 299 g/mol. The smallest absolute Gasteiger partial charge is 0.131 e. The Kier molecular flexibility index (Phi) is 6.13. The Bertz CT molecular complexity index is 578. The zero-order chi connectivity index (χ0) is 13.8. The summed E-state index contributed by atoms with van der Waals surface area (Å²) < 4.78 is 18.2. The number of aromatic nitrogens is 1. The van der Waals surface area contributed by atoms with Crippen LogP contribution >= 0.6 is 12.4 Å². The number of ether oxygens (including phenoxy) is 1. The van der Waals surface area contributed by atoms with Crippen molar-refractivity contribution >= 4 is 29.1 Å². The Balaban J connectivity index is 0.00000200. The number of nitrogens with one attached hydrogen (secondary N) is 1. The van der Waals surface area contributed by atoms with Crippen molar-refractivity contribution in [3.63, 3.8) is 0 Å². The first kappa shape index (κ1) is 16.6. The molecule has 0 saturated heterocycles. The van der Waals surface area contributed by atoms with Gasteiger partial charge in [-0.1, -0.05) is 0 Å². The summed E-state index contributed by atoms with van der Waals surface area (Å²) in [6.45, 7) is 3.10. The molecule has 0 aliphatic heterocycles. The van der Waals surface area contributed by atoms with Crippen molar-refractivity contribution in [1.29, 1.82) is 0 Å². The third-order valence-electron chi connectivity index (χ3n) is 2.90. The minimum Gasteiger partial charge on any atom is -0.383 e. The first-order valence-corrected chi connectivity index (χ1v) is 6.20. The lowest BCUT2D eigenvalue weighted by molar-refractivity contribution is 0.210. The zero-order valence-corrected chi connectivity index (χ0v) is 12.3. The number of nitrogens with two attached hydrogens (primary N) is 1. The number of rotatable bonds is 5. The van der Waals surface area contributed by atoms with Gasteiger partial charge in [0.2, 0.25) is 0 Å². The Morgan fingerprint density at radius 2 is 2.15 bits per heavy atom. The van der Waals surface area contributed by atoms with Gasteiger partial charge in [-0.25, -0.2) is 9.37 Å². The van der Waals surface area contributed by atoms with Crippen LogP contribution in [-0.2, 0) is 4.74 Å². The Hall–Kier alpha value is -1.43. The molecule has 1 aromatic carbocycles. The molecule has 6 heteroatoms. The lowest BCUT2D eigenvalue weighted by atomic mass is 10.1. The summed E-state index contributed by atoms with van der Waals surface area (Å²) in [6.07, 6.45) is 0. The van der Waals surface area contributed by atoms with Crippen LogP contribution in [0.2, 0.25) is 0 Å². The van der Waals surface area contributed by atoms with Gasteiger partial charge in [-0.05, 0) is 25.1 Å². The van der Waals surface area contributed by atoms with Crippen LogP contribution < -0.4 is 11.1 Å². The summed E-state index contributed by atoms with van der Waals surface area (Å²) >= 11 is 0. The fraction of sp³-hybridized carbons (Fsp3) is 0.357. The molecule has 4 nitrogen and oxygen atoms in total. The van der Waals surface area contributed by atoms with Crippen molar-refractivity contribution in [3.05, 3.63) is 35.6 Å². The highest BCUT2D eigenvalue weighted by atomic mass is 35.5. The van der Waals surface area contributed by atoms with Crippen LogP contribution in [-0.4, -0.2) is 25.2 Å². The maximum absolute atomic E-state index is 13.2. The van der Waals surface area contributed by atoms with Crippen molar-refractivity contribution in [3.8, 4) is 0 Å². The number of anilines is 1. The number of methoxy groups -OCH3 is 1. The molecule has 1 heterocycles. The average molecular weight is 300 g/mol. The number of hydrogen-bond donors (Lipinski definition) is 2. The maximum Gasteiger partial charge on any atom is 0.131 e. The number of hydrogen-bond acceptors (Lipinski definition) is 4. The highest BCUT2D eigenvalue weighted by molar-refractivity contribution is 5.85. The van der Waals surface area contributed by atoms with E-state index >= 15 is 0 Å². The first-order valence-electron chi connectivity index (χ1n) is 6.20. The fourth-order valence-corrected chi connectivity index (χ4v) is 1.92. The van der Waals surface area contributed by atoms with Gasteiger partial charge in [-0.15, -0.1) is 12.4 Å². The molecule has 1 aromatic heterocycles. The zero-order valence-electron chi connectivity index (χ0n) is 11.5. The maximum atomic E-state index is 13.2. The summed E-state index contributed by atoms with van der Waals surface area (Å²) in [4.78, 5) is 4.44. The van der Waals surface area contributed by atoms with Gasteiger partial charge in [0, 0.05) is 36.7 Å². The number of nitrogens with zero attached hydrogens (tertiary/aromatic N) is 1. The molecule has 20 heavy (non-hydrogen) atoms. The largest absolute Gasteiger partial charge is 0.383 e. The topological polar surface area (TPSA) is 60.2 Å². The molecule has 2 rings (SSSR count). The van der Waals surface area contributed by atoms with Crippen molar-refractivity contribution < 1.29 is 9.13 Å². The van der Waals surface area contributed by atoms with Crippen LogP contribution in [0, 0.1) is 5.82 Å². The lowest BCUT2D eigenvalue weighted by Gasteiger charge is -2.15. The predicted molar refractivity (Wildman–Crippen MR) is 81.9 cm³/mol. The van der Waals surface area contributed by atoms with E-state index in [0.29, 0.717) is 24.5 Å². The Labute approximate surface area is 123 Å². The molecule has 0 fully saturated rings. The summed E-state index contributed by atoms with van der Waals surface area (Å²) in [5.74, 6) is 0.390. The lowest BCUT2D eigenvalue weighted by Crippen LogP contribution is -2.14. The Morgan fingerprint density at radius 1 is 1.40 bits per heavy atom. The van der Waals surface area contributed by atoms with Crippen LogP contribution in [0.15, 0.2) is 24.3 Å². The number of halogens is 2. The molecular formula is C14H19ClFN3O. The summed E-state index contributed by atoms with van der Waals surface area (Å²) in [5, 5.41) is 4.05. The standard InChI is InChI=1S/C14H18FN3O.ClH/c1-9(16)12-7-10-3-4-11(15)8-13(10)18-14(12)17-5-6-19-2;/h3-4,7-9H,5-6,16H2,1-2H3,(H,17,18);1H/t9-;/m0./s1. The number of pyridine rings is 1. The molecule has 2 aromatic rings. The van der Waals surface area contributed by atoms with Gasteiger partial charge in [0.15, 0.2) is 0 Å². The van der Waals surface area contributed by atoms with Gasteiger partial charge in [0.25, 0.3) is 0 Å². The number of benzene rings is 1. The highest BCUT2D eigenvalue weighted by Gasteiger charge is 2.10. The van der Waals surface area contributed by atoms with E-state index in [2.05, 4.69) is 10.3 Å². The molecule has 0 bridgehead atoms. The van der Waals surface area contributed by atoms with Gasteiger partial charge in [-0.2, -0.15) is 0 Å². The molecule has 0 amide bonds. The Morgan fingerprint density at radius 3 is 2.80 bits per heavy atom. The first-order chi connectivity index (χ1) is 9.11. The van der Waals surface area contributed by atoms with Crippen molar-refractivity contribution in [2.75, 3.05) is 25.6 Å². The van der Waals surface area contributed by atoms with Gasteiger partial charge in [-0.3, -0.25) is 0 Å². The third kappa shape index (κ3) is 3.79. The predicted octanol–water partition coefficient (Wildman–Crippen LogP) is 2.87. The molecule has 0 radical (unpaired) electrons. The summed E-state index contributed by atoms with van der Waals surface area (Å²) in [5.41, 5.74) is 7.48. The van der Waals surface area contributed by atoms with E-state index in [1.54, 1.807) is 13.2 Å². The normalized spacial score (nSPS) is 12.0. The molecule has 0 aliphatic rings. The summed E-state index contributed by atoms with van der Waals surface area (Å²) in [7, 11) is 1.64. The molecule has 0 aliphatic carbocycles. The SMILES string of the molecule is COCCNc1nc2cc(F)ccc2cc1[C@H](C)N.Cl. The van der Waals surface area contributed by atoms with Crippen molar-refractivity contribution in [1.82, 2.24) is 4.98 Å². The van der Waals surface area contributed by atoms with Crippen LogP contribution in [0.5, 0.6) is 0 Å². The van der Waals surface area contributed by atoms with Gasteiger partial charge in [0.05, 0.1) is 12.1 Å². The second kappa shape index (κ2) is 7.38. The summed E-state index contributed by atoms with van der Waals surface area (Å²) in [6, 6.07) is 6.35. The second-order valence-corrected chi connectivity index (χ2v) is 4.47.